The molecule has 0 spiro atoms. The summed E-state index contributed by atoms with van der Waals surface area (Å²) in [5.41, 5.74) is 2.94. The Kier molecular flexibility index (Phi) is 10.2. The quantitative estimate of drug-likeness (QED) is 0.338. The molecule has 0 bridgehead atoms. The minimum Gasteiger partial charge on any atom is -0.495 e. The third-order valence-electron chi connectivity index (χ3n) is 6.38. The van der Waals surface area contributed by atoms with E-state index in [2.05, 4.69) is 5.32 Å². The number of halogens is 1. The Morgan fingerprint density at radius 2 is 1.50 bits per heavy atom. The van der Waals surface area contributed by atoms with Gasteiger partial charge in [0.05, 0.1) is 22.7 Å². The molecule has 0 saturated heterocycles. The van der Waals surface area contributed by atoms with Gasteiger partial charge < -0.3 is 15.0 Å². The number of anilines is 1. The minimum absolute atomic E-state index is 0.0218. The van der Waals surface area contributed by atoms with Gasteiger partial charge in [0.2, 0.25) is 11.8 Å². The van der Waals surface area contributed by atoms with Crippen molar-refractivity contribution in [2.24, 2.45) is 0 Å². The molecule has 3 aromatic carbocycles. The number of aryl methyl sites for hydroxylation is 2. The second kappa shape index (κ2) is 13.2. The number of rotatable bonds is 11. The van der Waals surface area contributed by atoms with Crippen molar-refractivity contribution in [3.63, 3.8) is 0 Å². The van der Waals surface area contributed by atoms with Crippen molar-refractivity contribution in [3.05, 3.63) is 88.4 Å². The van der Waals surface area contributed by atoms with Crippen molar-refractivity contribution in [2.45, 2.75) is 58.1 Å². The summed E-state index contributed by atoms with van der Waals surface area (Å²) in [6, 6.07) is 17.5. The maximum atomic E-state index is 14.0. The van der Waals surface area contributed by atoms with Gasteiger partial charge in [-0.15, -0.1) is 0 Å². The van der Waals surface area contributed by atoms with Gasteiger partial charge in [-0.05, 0) is 70.5 Å². The molecule has 0 aliphatic heterocycles. The summed E-state index contributed by atoms with van der Waals surface area (Å²) < 4.78 is 34.1. The Morgan fingerprint density at radius 1 is 0.925 bits per heavy atom. The lowest BCUT2D eigenvalue weighted by molar-refractivity contribution is -0.139. The molecule has 40 heavy (non-hydrogen) atoms. The summed E-state index contributed by atoms with van der Waals surface area (Å²) in [5.74, 6) is -0.519. The highest BCUT2D eigenvalue weighted by atomic mass is 35.5. The second-order valence-corrected chi connectivity index (χ2v) is 12.3. The zero-order valence-corrected chi connectivity index (χ0v) is 25.2. The van der Waals surface area contributed by atoms with Gasteiger partial charge in [0.15, 0.2) is 0 Å². The average molecular weight is 586 g/mol. The molecule has 3 rings (SSSR count). The number of sulfonamides is 1. The van der Waals surface area contributed by atoms with E-state index in [1.54, 1.807) is 25.1 Å². The van der Waals surface area contributed by atoms with Crippen molar-refractivity contribution in [1.29, 1.82) is 0 Å². The van der Waals surface area contributed by atoms with Crippen LogP contribution in [0.1, 0.15) is 37.5 Å². The van der Waals surface area contributed by atoms with E-state index >= 15 is 0 Å². The van der Waals surface area contributed by atoms with Crippen LogP contribution in [-0.2, 0) is 26.2 Å². The van der Waals surface area contributed by atoms with Crippen molar-refractivity contribution in [1.82, 2.24) is 10.2 Å². The zero-order chi connectivity index (χ0) is 29.6. The molecule has 10 heteroatoms. The first-order valence-electron chi connectivity index (χ1n) is 12.9. The maximum absolute atomic E-state index is 14.0. The highest BCUT2D eigenvalue weighted by molar-refractivity contribution is 7.92. The number of ether oxygens (including phenoxy) is 1. The van der Waals surface area contributed by atoms with Gasteiger partial charge in [0.25, 0.3) is 10.0 Å². The highest BCUT2D eigenvalue weighted by Gasteiger charge is 2.33. The van der Waals surface area contributed by atoms with Gasteiger partial charge in [-0.25, -0.2) is 8.42 Å². The monoisotopic (exact) mass is 585 g/mol. The Hall–Kier alpha value is -3.56. The average Bonchev–Trinajstić information content (AvgIpc) is 2.90. The molecule has 0 fully saturated rings. The van der Waals surface area contributed by atoms with Gasteiger partial charge in [-0.2, -0.15) is 0 Å². The number of carbonyl (C=O) groups is 2. The highest BCUT2D eigenvalue weighted by Crippen LogP contribution is 2.32. The van der Waals surface area contributed by atoms with Crippen LogP contribution in [0.4, 0.5) is 5.69 Å². The van der Waals surface area contributed by atoms with Crippen LogP contribution in [0.3, 0.4) is 0 Å². The van der Waals surface area contributed by atoms with Crippen LogP contribution in [-0.4, -0.2) is 50.9 Å². The van der Waals surface area contributed by atoms with Crippen molar-refractivity contribution in [3.8, 4) is 5.75 Å². The maximum Gasteiger partial charge on any atom is 0.264 e. The number of amides is 2. The summed E-state index contributed by atoms with van der Waals surface area (Å²) in [6.45, 7) is 8.68. The molecule has 0 aromatic heterocycles. The van der Waals surface area contributed by atoms with Crippen LogP contribution in [0.15, 0.2) is 71.6 Å². The lowest BCUT2D eigenvalue weighted by Crippen LogP contribution is -2.52. The molecule has 0 heterocycles. The molecule has 0 saturated carbocycles. The van der Waals surface area contributed by atoms with Gasteiger partial charge >= 0.3 is 0 Å². The summed E-state index contributed by atoms with van der Waals surface area (Å²) in [6.07, 6.45) is 0. The molecule has 0 radical (unpaired) electrons. The van der Waals surface area contributed by atoms with E-state index in [4.69, 9.17) is 16.3 Å². The van der Waals surface area contributed by atoms with Crippen LogP contribution >= 0.6 is 11.6 Å². The van der Waals surface area contributed by atoms with E-state index in [1.807, 2.05) is 52.0 Å². The van der Waals surface area contributed by atoms with Crippen LogP contribution < -0.4 is 14.4 Å². The van der Waals surface area contributed by atoms with Crippen LogP contribution in [0.5, 0.6) is 5.75 Å². The summed E-state index contributed by atoms with van der Waals surface area (Å²) in [4.78, 5) is 28.4. The number of methoxy groups -OCH3 is 1. The Balaban J connectivity index is 2.06. The largest absolute Gasteiger partial charge is 0.495 e. The first-order valence-corrected chi connectivity index (χ1v) is 14.7. The molecule has 2 amide bonds. The molecule has 214 valence electrons. The molecule has 0 unspecified atom stereocenters. The van der Waals surface area contributed by atoms with E-state index in [9.17, 15) is 18.0 Å². The van der Waals surface area contributed by atoms with Crippen LogP contribution in [0.25, 0.3) is 0 Å². The SMILES string of the molecule is COc1ccc(N(CC(=O)N(Cc2ccc(C)cc2)[C@@H](C)C(=O)NC(C)C)S(=O)(=O)c2ccc(C)cc2)cc1Cl. The third-order valence-corrected chi connectivity index (χ3v) is 8.47. The standard InChI is InChI=1S/C30H36ClN3O5S/c1-20(2)32-30(36)23(5)33(18-24-11-7-21(3)8-12-24)29(35)19-34(25-13-16-28(39-6)27(31)17-25)40(37,38)26-14-9-22(4)10-15-26/h7-17,20,23H,18-19H2,1-6H3,(H,32,36)/t23-/m0/s1. The predicted molar refractivity (Wildman–Crippen MR) is 158 cm³/mol. The van der Waals surface area contributed by atoms with E-state index < -0.39 is 28.5 Å². The first kappa shape index (κ1) is 31.0. The number of benzene rings is 3. The molecular weight excluding hydrogens is 550 g/mol. The summed E-state index contributed by atoms with van der Waals surface area (Å²) in [5, 5.41) is 3.04. The van der Waals surface area contributed by atoms with Gasteiger partial charge in [0, 0.05) is 12.6 Å². The van der Waals surface area contributed by atoms with Crippen molar-refractivity contribution in [2.75, 3.05) is 18.0 Å². The van der Waals surface area contributed by atoms with Crippen LogP contribution in [0, 0.1) is 13.8 Å². The van der Waals surface area contributed by atoms with Gasteiger partial charge in [-0.1, -0.05) is 59.1 Å². The number of hydrogen-bond acceptors (Lipinski definition) is 5. The Morgan fingerprint density at radius 3 is 2.02 bits per heavy atom. The van der Waals surface area contributed by atoms with Crippen LogP contribution in [0.2, 0.25) is 5.02 Å². The van der Waals surface area contributed by atoms with E-state index in [-0.39, 0.29) is 34.1 Å². The molecule has 0 aliphatic rings. The predicted octanol–water partition coefficient (Wildman–Crippen LogP) is 5.10. The smallest absolute Gasteiger partial charge is 0.264 e. The Labute approximate surface area is 241 Å². The normalized spacial score (nSPS) is 12.1. The molecule has 8 nitrogen and oxygen atoms in total. The van der Waals surface area contributed by atoms with Crippen molar-refractivity contribution >= 4 is 39.1 Å². The fourth-order valence-electron chi connectivity index (χ4n) is 4.05. The van der Waals surface area contributed by atoms with E-state index in [0.717, 1.165) is 21.0 Å². The molecule has 1 N–H and O–H groups in total. The zero-order valence-electron chi connectivity index (χ0n) is 23.6. The minimum atomic E-state index is -4.19. The number of hydrogen-bond donors (Lipinski definition) is 1. The fraction of sp³-hybridized carbons (Fsp3) is 0.333. The van der Waals surface area contributed by atoms with Gasteiger partial charge in [-0.3, -0.25) is 13.9 Å². The molecular formula is C30H36ClN3O5S. The first-order chi connectivity index (χ1) is 18.8. The molecule has 1 atom stereocenters. The number of carbonyl (C=O) groups excluding carboxylic acids is 2. The van der Waals surface area contributed by atoms with Crippen molar-refractivity contribution < 1.29 is 22.7 Å². The Bertz CT molecular complexity index is 1440. The fourth-order valence-corrected chi connectivity index (χ4v) is 5.71. The number of nitrogens with one attached hydrogen (secondary N) is 1. The van der Waals surface area contributed by atoms with E-state index in [1.165, 1.54) is 36.3 Å². The topological polar surface area (TPSA) is 96.0 Å². The summed E-state index contributed by atoms with van der Waals surface area (Å²) in [7, 11) is -2.74. The number of nitrogens with zero attached hydrogens (tertiary/aromatic N) is 2. The summed E-state index contributed by atoms with van der Waals surface area (Å²) >= 11 is 6.36. The molecule has 0 aliphatic carbocycles. The third kappa shape index (κ3) is 7.55. The lowest BCUT2D eigenvalue weighted by Gasteiger charge is -2.32. The molecule has 3 aromatic rings. The second-order valence-electron chi connectivity index (χ2n) is 9.99. The lowest BCUT2D eigenvalue weighted by atomic mass is 10.1. The van der Waals surface area contributed by atoms with Gasteiger partial charge in [0.1, 0.15) is 18.3 Å². The van der Waals surface area contributed by atoms with E-state index in [0.29, 0.717) is 5.75 Å².